The summed E-state index contributed by atoms with van der Waals surface area (Å²) in [6, 6.07) is 5.46. The number of nitrogens with zero attached hydrogens (tertiary/aromatic N) is 2. The molecule has 1 atom stereocenters. The van der Waals surface area contributed by atoms with Gasteiger partial charge in [-0.3, -0.25) is 9.59 Å². The minimum Gasteiger partial charge on any atom is -0.347 e. The van der Waals surface area contributed by atoms with E-state index in [1.54, 1.807) is 6.07 Å². The van der Waals surface area contributed by atoms with Gasteiger partial charge in [-0.25, -0.2) is 4.98 Å². The molecule has 1 saturated carbocycles. The van der Waals surface area contributed by atoms with Crippen molar-refractivity contribution in [1.82, 2.24) is 15.2 Å². The Balaban J connectivity index is 1.55. The first-order valence-corrected chi connectivity index (χ1v) is 8.98. The molecule has 1 saturated heterocycles. The molecule has 7 heteroatoms. The van der Waals surface area contributed by atoms with E-state index in [9.17, 15) is 9.59 Å². The SMILES string of the molecule is C=CC(=O)NC1CN(C(=O)c2ccc3nc(Cl)sc3c2)CC12CC2. The molecule has 2 aliphatic rings. The molecule has 0 radical (unpaired) electrons. The second-order valence-electron chi connectivity index (χ2n) is 6.46. The van der Waals surface area contributed by atoms with Crippen molar-refractivity contribution < 1.29 is 9.59 Å². The number of halogens is 1. The van der Waals surface area contributed by atoms with Crippen molar-refractivity contribution in [3.05, 3.63) is 40.9 Å². The Hall–Kier alpha value is -1.92. The van der Waals surface area contributed by atoms with Crippen molar-refractivity contribution in [3.63, 3.8) is 0 Å². The molecular weight excluding hydrogens is 346 g/mol. The first-order chi connectivity index (χ1) is 11.5. The quantitative estimate of drug-likeness (QED) is 0.855. The van der Waals surface area contributed by atoms with Gasteiger partial charge >= 0.3 is 0 Å². The second kappa shape index (κ2) is 5.57. The Kier molecular flexibility index (Phi) is 3.62. The van der Waals surface area contributed by atoms with Crippen molar-refractivity contribution in [2.24, 2.45) is 5.41 Å². The Morgan fingerprint density at radius 1 is 1.46 bits per heavy atom. The summed E-state index contributed by atoms with van der Waals surface area (Å²) in [7, 11) is 0. The molecule has 1 aliphatic heterocycles. The molecular formula is C17H16ClN3O2S. The number of rotatable bonds is 3. The first-order valence-electron chi connectivity index (χ1n) is 7.79. The Labute approximate surface area is 148 Å². The molecule has 1 aliphatic carbocycles. The van der Waals surface area contributed by atoms with Gasteiger partial charge < -0.3 is 10.2 Å². The smallest absolute Gasteiger partial charge is 0.253 e. The molecule has 1 spiro atoms. The maximum absolute atomic E-state index is 12.9. The average molecular weight is 362 g/mol. The lowest BCUT2D eigenvalue weighted by molar-refractivity contribution is -0.117. The van der Waals surface area contributed by atoms with E-state index < -0.39 is 0 Å². The molecule has 1 N–H and O–H groups in total. The Bertz CT molecular complexity index is 859. The third-order valence-electron chi connectivity index (χ3n) is 4.94. The summed E-state index contributed by atoms with van der Waals surface area (Å²) in [6.07, 6.45) is 3.37. The standard InChI is InChI=1S/C17H16ClN3O2S/c1-2-14(22)20-13-8-21(9-17(13)5-6-17)15(23)10-3-4-11-12(7-10)24-16(18)19-11/h2-4,7,13H,1,5-6,8-9H2,(H,20,22). The van der Waals surface area contributed by atoms with Crippen LogP contribution in [0.15, 0.2) is 30.9 Å². The maximum Gasteiger partial charge on any atom is 0.253 e. The van der Waals surface area contributed by atoms with Gasteiger partial charge in [0.15, 0.2) is 4.47 Å². The molecule has 2 amide bonds. The molecule has 2 fully saturated rings. The number of fused-ring (bicyclic) bond motifs is 1. The number of aromatic nitrogens is 1. The lowest BCUT2D eigenvalue weighted by Gasteiger charge is -2.17. The van der Waals surface area contributed by atoms with Crippen LogP contribution in [0.5, 0.6) is 0 Å². The van der Waals surface area contributed by atoms with Crippen molar-refractivity contribution in [1.29, 1.82) is 0 Å². The van der Waals surface area contributed by atoms with Crippen LogP contribution in [-0.2, 0) is 4.79 Å². The van der Waals surface area contributed by atoms with Crippen LogP contribution in [-0.4, -0.2) is 40.8 Å². The van der Waals surface area contributed by atoms with Crippen molar-refractivity contribution in [2.45, 2.75) is 18.9 Å². The minimum absolute atomic E-state index is 0.00790. The van der Waals surface area contributed by atoms with Gasteiger partial charge in [-0.15, -0.1) is 11.3 Å². The van der Waals surface area contributed by atoms with Gasteiger partial charge in [0, 0.05) is 24.1 Å². The summed E-state index contributed by atoms with van der Waals surface area (Å²) in [5, 5.41) is 2.97. The zero-order chi connectivity index (χ0) is 16.9. The van der Waals surface area contributed by atoms with E-state index in [2.05, 4.69) is 16.9 Å². The van der Waals surface area contributed by atoms with Crippen LogP contribution >= 0.6 is 22.9 Å². The number of thiazole rings is 1. The number of amides is 2. The molecule has 1 unspecified atom stereocenters. The monoisotopic (exact) mass is 361 g/mol. The van der Waals surface area contributed by atoms with Crippen LogP contribution in [0.3, 0.4) is 0 Å². The summed E-state index contributed by atoms with van der Waals surface area (Å²) in [4.78, 5) is 30.5. The fourth-order valence-corrected chi connectivity index (χ4v) is 4.50. The number of hydrogen-bond donors (Lipinski definition) is 1. The summed E-state index contributed by atoms with van der Waals surface area (Å²) >= 11 is 7.30. The predicted molar refractivity (Wildman–Crippen MR) is 94.3 cm³/mol. The number of benzene rings is 1. The van der Waals surface area contributed by atoms with Crippen molar-refractivity contribution in [3.8, 4) is 0 Å². The highest BCUT2D eigenvalue weighted by Gasteiger charge is 2.56. The topological polar surface area (TPSA) is 62.3 Å². The lowest BCUT2D eigenvalue weighted by Crippen LogP contribution is -2.41. The molecule has 2 aromatic rings. The van der Waals surface area contributed by atoms with Gasteiger partial charge in [0.25, 0.3) is 5.91 Å². The zero-order valence-corrected chi connectivity index (χ0v) is 14.5. The molecule has 124 valence electrons. The van der Waals surface area contributed by atoms with Crippen LogP contribution < -0.4 is 5.32 Å². The van der Waals surface area contributed by atoms with Crippen molar-refractivity contribution in [2.75, 3.05) is 13.1 Å². The highest BCUT2D eigenvalue weighted by atomic mass is 35.5. The number of nitrogens with one attached hydrogen (secondary N) is 1. The fourth-order valence-electron chi connectivity index (χ4n) is 3.43. The van der Waals surface area contributed by atoms with Crippen LogP contribution in [0.4, 0.5) is 0 Å². The summed E-state index contributed by atoms with van der Waals surface area (Å²) in [5.41, 5.74) is 1.48. The van der Waals surface area contributed by atoms with Gasteiger partial charge in [-0.1, -0.05) is 18.2 Å². The summed E-state index contributed by atoms with van der Waals surface area (Å²) in [6.45, 7) is 4.73. The van der Waals surface area contributed by atoms with E-state index in [1.165, 1.54) is 17.4 Å². The summed E-state index contributed by atoms with van der Waals surface area (Å²) < 4.78 is 1.38. The fraction of sp³-hybridized carbons (Fsp3) is 0.353. The number of carbonyl (C=O) groups excluding carboxylic acids is 2. The minimum atomic E-state index is -0.179. The number of carbonyl (C=O) groups is 2. The highest BCUT2D eigenvalue weighted by Crippen LogP contribution is 2.53. The number of likely N-dealkylation sites (tertiary alicyclic amines) is 1. The van der Waals surface area contributed by atoms with E-state index in [0.29, 0.717) is 23.1 Å². The Morgan fingerprint density at radius 2 is 2.25 bits per heavy atom. The van der Waals surface area contributed by atoms with Gasteiger partial charge in [-0.2, -0.15) is 0 Å². The van der Waals surface area contributed by atoms with Gasteiger partial charge in [-0.05, 0) is 37.1 Å². The van der Waals surface area contributed by atoms with E-state index in [4.69, 9.17) is 11.6 Å². The van der Waals surface area contributed by atoms with Gasteiger partial charge in [0.05, 0.1) is 16.3 Å². The van der Waals surface area contributed by atoms with Crippen LogP contribution in [0.2, 0.25) is 4.47 Å². The largest absolute Gasteiger partial charge is 0.347 e. The molecule has 1 aromatic carbocycles. The molecule has 0 bridgehead atoms. The lowest BCUT2D eigenvalue weighted by atomic mass is 10.0. The third kappa shape index (κ3) is 2.59. The van der Waals surface area contributed by atoms with E-state index in [1.807, 2.05) is 17.0 Å². The molecule has 4 rings (SSSR count). The maximum atomic E-state index is 12.9. The average Bonchev–Trinajstić information content (AvgIpc) is 3.11. The highest BCUT2D eigenvalue weighted by molar-refractivity contribution is 7.22. The first kappa shape index (κ1) is 15.6. The van der Waals surface area contributed by atoms with E-state index in [0.717, 1.165) is 23.1 Å². The van der Waals surface area contributed by atoms with Gasteiger partial charge in [0.1, 0.15) is 0 Å². The van der Waals surface area contributed by atoms with Crippen LogP contribution in [0.1, 0.15) is 23.2 Å². The van der Waals surface area contributed by atoms with Crippen LogP contribution in [0.25, 0.3) is 10.2 Å². The third-order valence-corrected chi connectivity index (χ3v) is 6.06. The normalized spacial score (nSPS) is 21.2. The second-order valence-corrected chi connectivity index (χ2v) is 8.08. The summed E-state index contributed by atoms with van der Waals surface area (Å²) in [5.74, 6) is -0.190. The van der Waals surface area contributed by atoms with Gasteiger partial charge in [0.2, 0.25) is 5.91 Å². The van der Waals surface area contributed by atoms with Crippen molar-refractivity contribution >= 4 is 45.0 Å². The van der Waals surface area contributed by atoms with Crippen LogP contribution in [0, 0.1) is 5.41 Å². The molecule has 5 nitrogen and oxygen atoms in total. The molecule has 2 heterocycles. The van der Waals surface area contributed by atoms with E-state index >= 15 is 0 Å². The van der Waals surface area contributed by atoms with E-state index in [-0.39, 0.29) is 23.3 Å². The Morgan fingerprint density at radius 3 is 2.96 bits per heavy atom. The molecule has 1 aromatic heterocycles. The number of hydrogen-bond acceptors (Lipinski definition) is 4. The zero-order valence-electron chi connectivity index (χ0n) is 12.9. The molecule has 24 heavy (non-hydrogen) atoms. The predicted octanol–water partition coefficient (Wildman–Crippen LogP) is 2.86.